The van der Waals surface area contributed by atoms with Crippen molar-refractivity contribution in [3.05, 3.63) is 58.0 Å². The molecule has 2 aromatic carbocycles. The molecule has 1 aliphatic heterocycles. The first-order valence-electron chi connectivity index (χ1n) is 10.6. The van der Waals surface area contributed by atoms with E-state index < -0.39 is 21.7 Å². The number of carbonyl (C=O) groups is 2. The van der Waals surface area contributed by atoms with Crippen LogP contribution in [0.3, 0.4) is 0 Å². The summed E-state index contributed by atoms with van der Waals surface area (Å²) < 4.78 is 34.6. The van der Waals surface area contributed by atoms with Gasteiger partial charge in [-0.25, -0.2) is 13.2 Å². The third kappa shape index (κ3) is 4.74. The fourth-order valence-electron chi connectivity index (χ4n) is 3.94. The number of sulfone groups is 1. The average molecular weight is 488 g/mol. The largest absolute Gasteiger partial charge is 0.497 e. The van der Waals surface area contributed by atoms with Gasteiger partial charge in [-0.15, -0.1) is 11.3 Å². The molecule has 0 bridgehead atoms. The van der Waals surface area contributed by atoms with E-state index in [0.29, 0.717) is 15.4 Å². The lowest BCUT2D eigenvalue weighted by Gasteiger charge is -2.15. The van der Waals surface area contributed by atoms with Crippen molar-refractivity contribution in [2.45, 2.75) is 31.9 Å². The highest BCUT2D eigenvalue weighted by Crippen LogP contribution is 2.39. The van der Waals surface area contributed by atoms with Crippen molar-refractivity contribution >= 4 is 48.8 Å². The van der Waals surface area contributed by atoms with Crippen molar-refractivity contribution in [2.75, 3.05) is 24.8 Å². The summed E-state index contributed by atoms with van der Waals surface area (Å²) in [6.45, 7) is 3.69. The van der Waals surface area contributed by atoms with Crippen molar-refractivity contribution in [3.8, 4) is 5.75 Å². The van der Waals surface area contributed by atoms with Gasteiger partial charge in [0.1, 0.15) is 10.8 Å². The number of benzene rings is 2. The molecule has 9 heteroatoms. The first-order chi connectivity index (χ1) is 15.7. The predicted molar refractivity (Wildman–Crippen MR) is 129 cm³/mol. The Kier molecular flexibility index (Phi) is 6.45. The van der Waals surface area contributed by atoms with Gasteiger partial charge in [-0.2, -0.15) is 0 Å². The van der Waals surface area contributed by atoms with Gasteiger partial charge in [-0.3, -0.25) is 4.79 Å². The van der Waals surface area contributed by atoms with E-state index in [1.54, 1.807) is 21.0 Å². The molecular weight excluding hydrogens is 462 g/mol. The van der Waals surface area contributed by atoms with Crippen LogP contribution in [-0.4, -0.2) is 39.8 Å². The molecule has 2 heterocycles. The highest BCUT2D eigenvalue weighted by atomic mass is 32.2. The van der Waals surface area contributed by atoms with E-state index in [0.717, 1.165) is 33.4 Å². The van der Waals surface area contributed by atoms with Crippen molar-refractivity contribution in [2.24, 2.45) is 0 Å². The van der Waals surface area contributed by atoms with Gasteiger partial charge in [0.2, 0.25) is 5.91 Å². The zero-order valence-corrected chi connectivity index (χ0v) is 20.3. The van der Waals surface area contributed by atoms with Crippen LogP contribution in [0.25, 0.3) is 10.8 Å². The number of amides is 1. The Morgan fingerprint density at radius 2 is 1.88 bits per heavy atom. The zero-order chi connectivity index (χ0) is 23.8. The van der Waals surface area contributed by atoms with E-state index in [2.05, 4.69) is 5.32 Å². The molecule has 1 amide bonds. The SMILES string of the molecule is CCOC(=O)c1c(NC(=O)[C@@H](C)c2ccc3cc(OC)ccc3c2)sc2c1CCS(=O)(=O)C2. The number of rotatable bonds is 6. The normalized spacial score (nSPS) is 15.5. The summed E-state index contributed by atoms with van der Waals surface area (Å²) in [6.07, 6.45) is 0.238. The van der Waals surface area contributed by atoms with E-state index in [9.17, 15) is 18.0 Å². The van der Waals surface area contributed by atoms with Crippen LogP contribution in [-0.2, 0) is 31.5 Å². The van der Waals surface area contributed by atoms with Crippen LogP contribution in [0.15, 0.2) is 36.4 Å². The van der Waals surface area contributed by atoms with Gasteiger partial charge in [0.15, 0.2) is 9.84 Å². The van der Waals surface area contributed by atoms with Crippen LogP contribution in [0.5, 0.6) is 5.75 Å². The molecule has 33 heavy (non-hydrogen) atoms. The van der Waals surface area contributed by atoms with E-state index in [-0.39, 0.29) is 36.0 Å². The number of fused-ring (bicyclic) bond motifs is 2. The molecule has 0 fully saturated rings. The van der Waals surface area contributed by atoms with Gasteiger partial charge in [-0.05, 0) is 54.3 Å². The topological polar surface area (TPSA) is 98.8 Å². The first-order valence-corrected chi connectivity index (χ1v) is 13.3. The fraction of sp³-hybridized carbons (Fsp3) is 0.333. The minimum absolute atomic E-state index is 0.0190. The molecule has 0 unspecified atom stereocenters. The number of carbonyl (C=O) groups excluding carboxylic acids is 2. The second kappa shape index (κ2) is 9.15. The second-order valence-corrected chi connectivity index (χ2v) is 11.2. The number of esters is 1. The third-order valence-corrected chi connectivity index (χ3v) is 8.67. The smallest absolute Gasteiger partial charge is 0.341 e. The Hall–Kier alpha value is -2.91. The van der Waals surface area contributed by atoms with Crippen LogP contribution in [0.4, 0.5) is 5.00 Å². The average Bonchev–Trinajstić information content (AvgIpc) is 3.13. The highest BCUT2D eigenvalue weighted by Gasteiger charge is 2.32. The summed E-state index contributed by atoms with van der Waals surface area (Å²) >= 11 is 1.14. The van der Waals surface area contributed by atoms with Gasteiger partial charge >= 0.3 is 5.97 Å². The highest BCUT2D eigenvalue weighted by molar-refractivity contribution is 7.90. The summed E-state index contributed by atoms with van der Waals surface area (Å²) in [5.41, 5.74) is 1.76. The maximum Gasteiger partial charge on any atom is 0.341 e. The molecule has 1 N–H and O–H groups in total. The van der Waals surface area contributed by atoms with Gasteiger partial charge in [0.25, 0.3) is 0 Å². The van der Waals surface area contributed by atoms with Gasteiger partial charge < -0.3 is 14.8 Å². The monoisotopic (exact) mass is 487 g/mol. The molecule has 1 atom stereocenters. The molecule has 0 spiro atoms. The first kappa shape index (κ1) is 23.3. The summed E-state index contributed by atoms with van der Waals surface area (Å²) in [5, 5.41) is 5.19. The van der Waals surface area contributed by atoms with Crippen molar-refractivity contribution < 1.29 is 27.5 Å². The Morgan fingerprint density at radius 3 is 2.61 bits per heavy atom. The Morgan fingerprint density at radius 1 is 1.15 bits per heavy atom. The maximum atomic E-state index is 13.1. The molecule has 3 aromatic rings. The van der Waals surface area contributed by atoms with Gasteiger partial charge in [0.05, 0.1) is 36.7 Å². The minimum Gasteiger partial charge on any atom is -0.497 e. The number of nitrogens with one attached hydrogen (secondary N) is 1. The number of hydrogen-bond donors (Lipinski definition) is 1. The molecule has 1 aromatic heterocycles. The predicted octanol–water partition coefficient (Wildman–Crippen LogP) is 4.30. The van der Waals surface area contributed by atoms with Gasteiger partial charge in [0, 0.05) is 4.88 Å². The van der Waals surface area contributed by atoms with Crippen LogP contribution in [0.2, 0.25) is 0 Å². The van der Waals surface area contributed by atoms with Crippen LogP contribution in [0, 0.1) is 0 Å². The van der Waals surface area contributed by atoms with Crippen molar-refractivity contribution in [1.82, 2.24) is 0 Å². The minimum atomic E-state index is -3.21. The van der Waals surface area contributed by atoms with Crippen LogP contribution in [0.1, 0.15) is 46.1 Å². The number of ether oxygens (including phenoxy) is 2. The standard InChI is InChI=1S/C24H25NO6S2/c1-4-31-24(27)21-19-9-10-33(28,29)13-20(19)32-23(21)25-22(26)14(2)15-5-6-17-12-18(30-3)8-7-16(17)11-15/h5-8,11-12,14H,4,9-10,13H2,1-3H3,(H,25,26)/t14-/m0/s1. The lowest BCUT2D eigenvalue weighted by Crippen LogP contribution is -2.21. The molecule has 4 rings (SSSR count). The van der Waals surface area contributed by atoms with E-state index >= 15 is 0 Å². The number of anilines is 1. The van der Waals surface area contributed by atoms with Crippen LogP contribution < -0.4 is 10.1 Å². The third-order valence-electron chi connectivity index (χ3n) is 5.79. The molecule has 7 nitrogen and oxygen atoms in total. The Bertz CT molecular complexity index is 1340. The second-order valence-electron chi connectivity index (χ2n) is 7.95. The maximum absolute atomic E-state index is 13.1. The summed E-state index contributed by atoms with van der Waals surface area (Å²) in [4.78, 5) is 26.4. The van der Waals surface area contributed by atoms with E-state index in [1.165, 1.54) is 0 Å². The number of methoxy groups -OCH3 is 1. The van der Waals surface area contributed by atoms with E-state index in [1.807, 2.05) is 36.4 Å². The lowest BCUT2D eigenvalue weighted by atomic mass is 9.97. The number of thiophene rings is 1. The van der Waals surface area contributed by atoms with Crippen molar-refractivity contribution in [1.29, 1.82) is 0 Å². The van der Waals surface area contributed by atoms with Crippen molar-refractivity contribution in [3.63, 3.8) is 0 Å². The molecular formula is C24H25NO6S2. The summed E-state index contributed by atoms with van der Waals surface area (Å²) in [7, 11) is -1.60. The molecule has 0 saturated carbocycles. The van der Waals surface area contributed by atoms with Crippen LogP contribution >= 0.6 is 11.3 Å². The number of hydrogen-bond acceptors (Lipinski definition) is 7. The molecule has 174 valence electrons. The Balaban J connectivity index is 1.63. The molecule has 0 aliphatic carbocycles. The Labute approximate surface area is 196 Å². The quantitative estimate of drug-likeness (QED) is 0.521. The molecule has 1 aliphatic rings. The molecule has 0 radical (unpaired) electrons. The summed E-state index contributed by atoms with van der Waals surface area (Å²) in [5.74, 6) is -0.703. The fourth-order valence-corrected chi connectivity index (χ4v) is 6.98. The zero-order valence-electron chi connectivity index (χ0n) is 18.6. The summed E-state index contributed by atoms with van der Waals surface area (Å²) in [6, 6.07) is 11.5. The molecule has 0 saturated heterocycles. The van der Waals surface area contributed by atoms with E-state index in [4.69, 9.17) is 9.47 Å². The lowest BCUT2D eigenvalue weighted by molar-refractivity contribution is -0.117. The van der Waals surface area contributed by atoms with Gasteiger partial charge in [-0.1, -0.05) is 24.3 Å².